The maximum Gasteiger partial charge on any atom is 0.170 e. The van der Waals surface area contributed by atoms with Crippen molar-refractivity contribution in [2.75, 3.05) is 11.9 Å². The summed E-state index contributed by atoms with van der Waals surface area (Å²) in [6.45, 7) is 0.309. The largest absolute Gasteiger partial charge is 0.386 e. The normalized spacial score (nSPS) is 36.8. The van der Waals surface area contributed by atoms with Crippen LogP contribution in [0.1, 0.15) is 25.7 Å². The van der Waals surface area contributed by atoms with Gasteiger partial charge in [-0.25, -0.2) is 0 Å². The van der Waals surface area contributed by atoms with Crippen molar-refractivity contribution in [2.24, 2.45) is 11.7 Å². The van der Waals surface area contributed by atoms with E-state index in [-0.39, 0.29) is 5.92 Å². The van der Waals surface area contributed by atoms with E-state index in [1.807, 2.05) is 12.1 Å². The van der Waals surface area contributed by atoms with Crippen molar-refractivity contribution >= 4 is 30.9 Å². The van der Waals surface area contributed by atoms with Crippen LogP contribution in [0.2, 0.25) is 5.31 Å². The van der Waals surface area contributed by atoms with E-state index in [2.05, 4.69) is 15.6 Å². The smallest absolute Gasteiger partial charge is 0.170 e. The summed E-state index contributed by atoms with van der Waals surface area (Å²) >= 11 is 5.27. The summed E-state index contributed by atoms with van der Waals surface area (Å²) < 4.78 is 0. The molecule has 1 aromatic heterocycles. The highest BCUT2D eigenvalue weighted by atomic mass is 32.1. The Morgan fingerprint density at radius 3 is 2.86 bits per heavy atom. The van der Waals surface area contributed by atoms with Crippen molar-refractivity contribution in [3.05, 3.63) is 24.5 Å². The molecule has 5 nitrogen and oxygen atoms in total. The molecule has 0 aliphatic heterocycles. The average Bonchev–Trinajstić information content (AvgIpc) is 2.52. The fourth-order valence-electron chi connectivity index (χ4n) is 3.81. The first-order valence-electron chi connectivity index (χ1n) is 7.66. The highest BCUT2D eigenvalue weighted by Gasteiger charge is 2.56. The van der Waals surface area contributed by atoms with Crippen molar-refractivity contribution in [1.82, 2.24) is 10.3 Å². The number of nitrogens with two attached hydrogens (primary N) is 1. The highest BCUT2D eigenvalue weighted by Crippen LogP contribution is 2.56. The molecule has 3 aliphatic rings. The van der Waals surface area contributed by atoms with Crippen LogP contribution in [-0.2, 0) is 0 Å². The number of nitrogens with zero attached hydrogens (tertiary/aromatic N) is 1. The Kier molecular flexibility index (Phi) is 4.14. The molecule has 2 unspecified atom stereocenters. The molecule has 0 spiro atoms. The van der Waals surface area contributed by atoms with Gasteiger partial charge in [0, 0.05) is 18.8 Å². The lowest BCUT2D eigenvalue weighted by Crippen LogP contribution is -2.68. The van der Waals surface area contributed by atoms with Gasteiger partial charge < -0.3 is 21.5 Å². The Hall–Kier alpha value is -1.18. The number of fused-ring (bicyclic) bond motifs is 3. The molecule has 0 saturated heterocycles. The molecule has 7 heteroatoms. The summed E-state index contributed by atoms with van der Waals surface area (Å²) in [7, 11) is 6.38. The Morgan fingerprint density at radius 2 is 2.23 bits per heavy atom. The second-order valence-electron chi connectivity index (χ2n) is 6.53. The fourth-order valence-corrected chi connectivity index (χ4v) is 4.00. The third-order valence-corrected chi connectivity index (χ3v) is 5.48. The van der Waals surface area contributed by atoms with E-state index < -0.39 is 17.0 Å². The van der Waals surface area contributed by atoms with Gasteiger partial charge in [0.15, 0.2) is 5.11 Å². The van der Waals surface area contributed by atoms with Crippen LogP contribution in [0.25, 0.3) is 0 Å². The molecule has 0 amide bonds. The molecule has 0 aromatic carbocycles. The number of pyridine rings is 1. The van der Waals surface area contributed by atoms with Crippen LogP contribution in [0.15, 0.2) is 24.5 Å². The summed E-state index contributed by atoms with van der Waals surface area (Å²) in [5, 5.41) is 17.2. The Morgan fingerprint density at radius 1 is 1.50 bits per heavy atom. The first-order valence-corrected chi connectivity index (χ1v) is 8.07. The monoisotopic (exact) mass is 316 g/mol. The molecular formula is C15H21BN4OS. The SMILES string of the molecule is [B]C12CCC(CC1)C(O)(CNC(=S)Nc1cccnc1)C2N. The molecule has 2 radical (unpaired) electrons. The van der Waals surface area contributed by atoms with Crippen molar-refractivity contribution in [2.45, 2.75) is 42.6 Å². The van der Waals surface area contributed by atoms with Crippen LogP contribution in [-0.4, -0.2) is 41.2 Å². The van der Waals surface area contributed by atoms with Gasteiger partial charge in [0.05, 0.1) is 25.3 Å². The minimum atomic E-state index is -1.01. The lowest BCUT2D eigenvalue weighted by Gasteiger charge is -2.59. The lowest BCUT2D eigenvalue weighted by molar-refractivity contribution is -0.104. The zero-order chi connectivity index (χ0) is 15.8. The van der Waals surface area contributed by atoms with Crippen molar-refractivity contribution in [1.29, 1.82) is 0 Å². The zero-order valence-electron chi connectivity index (χ0n) is 12.5. The predicted molar refractivity (Wildman–Crippen MR) is 91.8 cm³/mol. The van der Waals surface area contributed by atoms with Crippen molar-refractivity contribution in [3.8, 4) is 0 Å². The van der Waals surface area contributed by atoms with E-state index in [1.165, 1.54) is 0 Å². The minimum Gasteiger partial charge on any atom is -0.386 e. The molecule has 116 valence electrons. The quantitative estimate of drug-likeness (QED) is 0.491. The van der Waals surface area contributed by atoms with Gasteiger partial charge in [-0.15, -0.1) is 0 Å². The lowest BCUT2D eigenvalue weighted by atomic mass is 9.44. The van der Waals surface area contributed by atoms with Crippen molar-refractivity contribution in [3.63, 3.8) is 0 Å². The second-order valence-corrected chi connectivity index (χ2v) is 6.93. The number of aliphatic hydroxyl groups is 1. The van der Waals surface area contributed by atoms with Crippen LogP contribution >= 0.6 is 12.2 Å². The maximum atomic E-state index is 11.0. The van der Waals surface area contributed by atoms with Gasteiger partial charge in [0.25, 0.3) is 0 Å². The van der Waals surface area contributed by atoms with Crippen LogP contribution < -0.4 is 16.4 Å². The van der Waals surface area contributed by atoms with Gasteiger partial charge in [0.1, 0.15) is 0 Å². The number of anilines is 1. The Bertz CT molecular complexity index is 550. The Balaban J connectivity index is 1.62. The molecule has 4 rings (SSSR count). The minimum absolute atomic E-state index is 0.182. The molecular weight excluding hydrogens is 295 g/mol. The van der Waals surface area contributed by atoms with Gasteiger partial charge in [0.2, 0.25) is 0 Å². The van der Waals surface area contributed by atoms with Crippen LogP contribution in [0.5, 0.6) is 0 Å². The molecule has 3 saturated carbocycles. The van der Waals surface area contributed by atoms with E-state index in [0.717, 1.165) is 31.4 Å². The van der Waals surface area contributed by atoms with E-state index in [9.17, 15) is 5.11 Å². The predicted octanol–water partition coefficient (Wildman–Crippen LogP) is 0.957. The van der Waals surface area contributed by atoms with Crippen molar-refractivity contribution < 1.29 is 5.11 Å². The first kappa shape index (κ1) is 15.7. The van der Waals surface area contributed by atoms with Crippen LogP contribution in [0, 0.1) is 5.92 Å². The molecule has 3 fully saturated rings. The molecule has 2 bridgehead atoms. The number of hydrogen-bond donors (Lipinski definition) is 4. The maximum absolute atomic E-state index is 11.0. The number of hydrogen-bond acceptors (Lipinski definition) is 4. The number of rotatable bonds is 3. The molecule has 3 aliphatic carbocycles. The van der Waals surface area contributed by atoms with Gasteiger partial charge in [-0.05, 0) is 48.4 Å². The van der Waals surface area contributed by atoms with Gasteiger partial charge in [-0.3, -0.25) is 4.98 Å². The van der Waals surface area contributed by atoms with E-state index >= 15 is 0 Å². The van der Waals surface area contributed by atoms with E-state index in [4.69, 9.17) is 25.8 Å². The third-order valence-electron chi connectivity index (χ3n) is 5.23. The number of aromatic nitrogens is 1. The van der Waals surface area contributed by atoms with E-state index in [1.54, 1.807) is 12.4 Å². The Labute approximate surface area is 137 Å². The number of thiocarbonyl (C=S) groups is 1. The van der Waals surface area contributed by atoms with Gasteiger partial charge >= 0.3 is 0 Å². The second kappa shape index (κ2) is 5.79. The first-order chi connectivity index (χ1) is 10.4. The molecule has 5 N–H and O–H groups in total. The third kappa shape index (κ3) is 2.73. The topological polar surface area (TPSA) is 83.2 Å². The van der Waals surface area contributed by atoms with E-state index in [0.29, 0.717) is 11.7 Å². The summed E-state index contributed by atoms with van der Waals surface area (Å²) in [6, 6.07) is 3.27. The summed E-state index contributed by atoms with van der Waals surface area (Å²) in [5.41, 5.74) is 6.08. The molecule has 22 heavy (non-hydrogen) atoms. The number of nitrogens with one attached hydrogen (secondary N) is 2. The highest BCUT2D eigenvalue weighted by molar-refractivity contribution is 7.80. The fraction of sp³-hybridized carbons (Fsp3) is 0.600. The van der Waals surface area contributed by atoms with Crippen LogP contribution in [0.3, 0.4) is 0 Å². The molecule has 1 heterocycles. The summed E-state index contributed by atoms with van der Waals surface area (Å²) in [5.74, 6) is 0.182. The van der Waals surface area contributed by atoms with Gasteiger partial charge in [-0.1, -0.05) is 12.8 Å². The summed E-state index contributed by atoms with van der Waals surface area (Å²) in [4.78, 5) is 4.02. The summed E-state index contributed by atoms with van der Waals surface area (Å²) in [6.07, 6.45) is 7.00. The van der Waals surface area contributed by atoms with Crippen LogP contribution in [0.4, 0.5) is 5.69 Å². The molecule has 1 aromatic rings. The molecule has 2 atom stereocenters. The standard InChI is InChI=1S/C15H21BN4OS/c16-14-5-3-10(4-6-14)15(21,12(14)17)9-19-13(22)20-11-2-1-7-18-8-11/h1-2,7-8,10,12,21H,3-6,9,17H2,(H2,19,20,22). The average molecular weight is 316 g/mol. The zero-order valence-corrected chi connectivity index (χ0v) is 13.3. The van der Waals surface area contributed by atoms with Gasteiger partial charge in [-0.2, -0.15) is 0 Å².